The molecule has 26 heavy (non-hydrogen) atoms. The van der Waals surface area contributed by atoms with Crippen molar-refractivity contribution in [1.82, 2.24) is 15.4 Å². The molecule has 7 heteroatoms. The number of carbonyl (C=O) groups excluding carboxylic acids is 1. The number of hydrazine groups is 1. The second-order valence-electron chi connectivity index (χ2n) is 5.75. The van der Waals surface area contributed by atoms with E-state index in [2.05, 4.69) is 20.8 Å². The van der Waals surface area contributed by atoms with Gasteiger partial charge in [0.25, 0.3) is 5.91 Å². The van der Waals surface area contributed by atoms with E-state index in [0.717, 1.165) is 11.3 Å². The normalized spacial score (nSPS) is 10.2. The average Bonchev–Trinajstić information content (AvgIpc) is 2.67. The van der Waals surface area contributed by atoms with E-state index in [1.165, 1.54) is 6.33 Å². The number of nitrogens with zero attached hydrogens (tertiary/aromatic N) is 3. The molecule has 1 heterocycles. The molecule has 0 aliphatic carbocycles. The van der Waals surface area contributed by atoms with E-state index in [1.807, 2.05) is 67.4 Å². The minimum atomic E-state index is -0.265. The number of hydrogen-bond acceptors (Lipinski definition) is 6. The standard InChI is InChI=1S/C19H20N6O/c1-13-8-6-7-11-15(13)19(26)24-23-17-16(20)18(22-12-21-17)25(2)14-9-4-3-5-10-14/h3-12H,20H2,1-2H3,(H,24,26)(H,21,22,23). The quantitative estimate of drug-likeness (QED) is 0.614. The number of benzene rings is 2. The Morgan fingerprint density at radius 3 is 2.46 bits per heavy atom. The number of nitrogens with one attached hydrogen (secondary N) is 2. The summed E-state index contributed by atoms with van der Waals surface area (Å²) in [6, 6.07) is 17.0. The summed E-state index contributed by atoms with van der Waals surface area (Å²) in [5, 5.41) is 0. The van der Waals surface area contributed by atoms with Crippen molar-refractivity contribution in [2.24, 2.45) is 0 Å². The summed E-state index contributed by atoms with van der Waals surface area (Å²) >= 11 is 0. The first kappa shape index (κ1) is 17.2. The van der Waals surface area contributed by atoms with Gasteiger partial charge in [0.1, 0.15) is 12.0 Å². The first-order valence-corrected chi connectivity index (χ1v) is 8.09. The molecular formula is C19H20N6O. The molecule has 3 rings (SSSR count). The molecule has 3 aromatic rings. The molecule has 2 aromatic carbocycles. The zero-order chi connectivity index (χ0) is 18.5. The summed E-state index contributed by atoms with van der Waals surface area (Å²) in [7, 11) is 1.86. The van der Waals surface area contributed by atoms with Crippen molar-refractivity contribution >= 4 is 28.9 Å². The number of nitrogen functional groups attached to an aromatic ring is 1. The second kappa shape index (κ2) is 7.52. The molecule has 7 nitrogen and oxygen atoms in total. The van der Waals surface area contributed by atoms with Gasteiger partial charge in [0, 0.05) is 18.3 Å². The van der Waals surface area contributed by atoms with Gasteiger partial charge in [-0.2, -0.15) is 0 Å². The van der Waals surface area contributed by atoms with Gasteiger partial charge < -0.3 is 10.6 Å². The number of para-hydroxylation sites is 1. The van der Waals surface area contributed by atoms with Crippen LogP contribution in [0.1, 0.15) is 15.9 Å². The van der Waals surface area contributed by atoms with Gasteiger partial charge in [-0.1, -0.05) is 36.4 Å². The summed E-state index contributed by atoms with van der Waals surface area (Å²) < 4.78 is 0. The van der Waals surface area contributed by atoms with Gasteiger partial charge in [-0.15, -0.1) is 0 Å². The highest BCUT2D eigenvalue weighted by molar-refractivity contribution is 5.96. The zero-order valence-corrected chi connectivity index (χ0v) is 14.6. The molecule has 1 aromatic heterocycles. The van der Waals surface area contributed by atoms with Gasteiger partial charge in [-0.25, -0.2) is 9.97 Å². The molecule has 0 aliphatic heterocycles. The van der Waals surface area contributed by atoms with Gasteiger partial charge in [0.05, 0.1) is 0 Å². The summed E-state index contributed by atoms with van der Waals surface area (Å²) in [5.41, 5.74) is 14.3. The predicted molar refractivity (Wildman–Crippen MR) is 103 cm³/mol. The van der Waals surface area contributed by atoms with Crippen LogP contribution in [-0.4, -0.2) is 22.9 Å². The highest BCUT2D eigenvalue weighted by Gasteiger charge is 2.14. The van der Waals surface area contributed by atoms with Crippen molar-refractivity contribution < 1.29 is 4.79 Å². The lowest BCUT2D eigenvalue weighted by Gasteiger charge is -2.21. The molecule has 0 radical (unpaired) electrons. The maximum atomic E-state index is 12.3. The summed E-state index contributed by atoms with van der Waals surface area (Å²) in [6.07, 6.45) is 1.40. The first-order chi connectivity index (χ1) is 12.6. The Balaban J connectivity index is 1.77. The van der Waals surface area contributed by atoms with Crippen LogP contribution in [0.15, 0.2) is 60.9 Å². The number of carbonyl (C=O) groups is 1. The van der Waals surface area contributed by atoms with Crippen LogP contribution in [-0.2, 0) is 0 Å². The summed E-state index contributed by atoms with van der Waals surface area (Å²) in [6.45, 7) is 1.88. The Morgan fingerprint density at radius 1 is 1.04 bits per heavy atom. The lowest BCUT2D eigenvalue weighted by atomic mass is 10.1. The highest BCUT2D eigenvalue weighted by Crippen LogP contribution is 2.29. The number of amides is 1. The number of hydrogen-bond donors (Lipinski definition) is 3. The third-order valence-corrected chi connectivity index (χ3v) is 4.01. The molecular weight excluding hydrogens is 328 g/mol. The highest BCUT2D eigenvalue weighted by atomic mass is 16.2. The van der Waals surface area contributed by atoms with Crippen LogP contribution in [0, 0.1) is 6.92 Å². The molecule has 0 atom stereocenters. The minimum Gasteiger partial charge on any atom is -0.393 e. The molecule has 4 N–H and O–H groups in total. The molecule has 1 amide bonds. The number of rotatable bonds is 5. The zero-order valence-electron chi connectivity index (χ0n) is 14.6. The van der Waals surface area contributed by atoms with Gasteiger partial charge >= 0.3 is 0 Å². The van der Waals surface area contributed by atoms with Crippen LogP contribution < -0.4 is 21.5 Å². The van der Waals surface area contributed by atoms with Gasteiger partial charge in [0.2, 0.25) is 0 Å². The second-order valence-corrected chi connectivity index (χ2v) is 5.75. The number of nitrogens with two attached hydrogens (primary N) is 1. The Morgan fingerprint density at radius 2 is 1.73 bits per heavy atom. The lowest BCUT2D eigenvalue weighted by molar-refractivity contribution is 0.0962. The van der Waals surface area contributed by atoms with Crippen LogP contribution in [0.4, 0.5) is 23.0 Å². The smallest absolute Gasteiger partial charge is 0.269 e. The summed E-state index contributed by atoms with van der Waals surface area (Å²) in [4.78, 5) is 22.5. The number of aryl methyl sites for hydroxylation is 1. The van der Waals surface area contributed by atoms with Crippen LogP contribution in [0.5, 0.6) is 0 Å². The van der Waals surface area contributed by atoms with E-state index in [9.17, 15) is 4.79 Å². The largest absolute Gasteiger partial charge is 0.393 e. The molecule has 0 unspecified atom stereocenters. The molecule has 0 aliphatic rings. The fraction of sp³-hybridized carbons (Fsp3) is 0.105. The Labute approximate surface area is 151 Å². The van der Waals surface area contributed by atoms with Gasteiger partial charge in [-0.3, -0.25) is 15.6 Å². The van der Waals surface area contributed by atoms with E-state index in [-0.39, 0.29) is 5.91 Å². The first-order valence-electron chi connectivity index (χ1n) is 8.09. The van der Waals surface area contributed by atoms with Crippen molar-refractivity contribution in [2.45, 2.75) is 6.92 Å². The summed E-state index contributed by atoms with van der Waals surface area (Å²) in [5.74, 6) is 0.609. The number of aromatic nitrogens is 2. The van der Waals surface area contributed by atoms with E-state index in [1.54, 1.807) is 6.07 Å². The van der Waals surface area contributed by atoms with E-state index in [4.69, 9.17) is 5.73 Å². The maximum absolute atomic E-state index is 12.3. The molecule has 0 bridgehead atoms. The van der Waals surface area contributed by atoms with Crippen LogP contribution >= 0.6 is 0 Å². The van der Waals surface area contributed by atoms with Crippen molar-refractivity contribution in [3.05, 3.63) is 72.1 Å². The predicted octanol–water partition coefficient (Wildman–Crippen LogP) is 2.89. The van der Waals surface area contributed by atoms with Crippen LogP contribution in [0.2, 0.25) is 0 Å². The topological polar surface area (TPSA) is 96.2 Å². The van der Waals surface area contributed by atoms with E-state index in [0.29, 0.717) is 22.9 Å². The fourth-order valence-electron chi connectivity index (χ4n) is 2.54. The molecule has 0 fully saturated rings. The fourth-order valence-corrected chi connectivity index (χ4v) is 2.54. The Kier molecular flexibility index (Phi) is 4.98. The molecule has 0 spiro atoms. The van der Waals surface area contributed by atoms with Crippen LogP contribution in [0.3, 0.4) is 0 Å². The maximum Gasteiger partial charge on any atom is 0.269 e. The monoisotopic (exact) mass is 348 g/mol. The SMILES string of the molecule is Cc1ccccc1C(=O)NNc1ncnc(N(C)c2ccccc2)c1N. The average molecular weight is 348 g/mol. The molecule has 132 valence electrons. The molecule has 0 saturated heterocycles. The van der Waals surface area contributed by atoms with E-state index < -0.39 is 0 Å². The van der Waals surface area contributed by atoms with Crippen molar-refractivity contribution in [1.29, 1.82) is 0 Å². The lowest BCUT2D eigenvalue weighted by Crippen LogP contribution is -2.31. The van der Waals surface area contributed by atoms with E-state index >= 15 is 0 Å². The van der Waals surface area contributed by atoms with Crippen molar-refractivity contribution in [3.8, 4) is 0 Å². The van der Waals surface area contributed by atoms with Crippen molar-refractivity contribution in [3.63, 3.8) is 0 Å². The molecule has 0 saturated carbocycles. The third kappa shape index (κ3) is 3.56. The van der Waals surface area contributed by atoms with Gasteiger partial charge in [-0.05, 0) is 30.7 Å². The number of anilines is 4. The minimum absolute atomic E-state index is 0.265. The Bertz CT molecular complexity index is 913. The Hall–Kier alpha value is -3.61. The third-order valence-electron chi connectivity index (χ3n) is 4.01. The van der Waals surface area contributed by atoms with Gasteiger partial charge in [0.15, 0.2) is 11.6 Å². The van der Waals surface area contributed by atoms with Crippen LogP contribution in [0.25, 0.3) is 0 Å². The van der Waals surface area contributed by atoms with Crippen molar-refractivity contribution in [2.75, 3.05) is 23.1 Å².